The number of hydrogen-bond donors (Lipinski definition) is 1. The molecule has 1 N–H and O–H groups in total. The Kier molecular flexibility index (Phi) is 13.3. The number of nitrogens with one attached hydrogen (secondary N) is 1. The van der Waals surface area contributed by atoms with Crippen LogP contribution in [0.5, 0.6) is 0 Å². The van der Waals surface area contributed by atoms with Crippen LogP contribution in [-0.2, 0) is 9.53 Å². The monoisotopic (exact) mass is 458 g/mol. The van der Waals surface area contributed by atoms with Crippen molar-refractivity contribution in [3.05, 3.63) is 0 Å². The highest BCUT2D eigenvalue weighted by atomic mass is 16.5. The molecule has 1 amide bonds. The summed E-state index contributed by atoms with van der Waals surface area (Å²) < 4.78 is 6.09. The second kappa shape index (κ2) is 16.2. The first kappa shape index (κ1) is 27.1. The summed E-state index contributed by atoms with van der Waals surface area (Å²) in [6.45, 7) is 2.53. The summed E-state index contributed by atoms with van der Waals surface area (Å²) in [6, 6.07) is 0.375. The van der Waals surface area contributed by atoms with E-state index in [0.29, 0.717) is 12.1 Å². The Bertz CT molecular complexity index is 510. The average molecular weight is 459 g/mol. The zero-order valence-corrected chi connectivity index (χ0v) is 21.8. The van der Waals surface area contributed by atoms with Crippen molar-refractivity contribution in [2.75, 3.05) is 6.61 Å². The Morgan fingerprint density at radius 3 is 1.88 bits per heavy atom. The lowest BCUT2D eigenvalue weighted by atomic mass is 9.62. The largest absolute Gasteiger partial charge is 0.368 e. The normalized spacial score (nSPS) is 31.9. The van der Waals surface area contributed by atoms with Gasteiger partial charge < -0.3 is 10.1 Å². The van der Waals surface area contributed by atoms with E-state index in [1.807, 2.05) is 0 Å². The number of carbonyl (C=O) groups excluding carboxylic acids is 1. The first-order valence-corrected chi connectivity index (χ1v) is 14.9. The van der Waals surface area contributed by atoms with E-state index in [2.05, 4.69) is 19.4 Å². The first-order valence-electron chi connectivity index (χ1n) is 14.9. The van der Waals surface area contributed by atoms with Crippen molar-refractivity contribution < 1.29 is 9.53 Å². The zero-order chi connectivity index (χ0) is 23.1. The summed E-state index contributed by atoms with van der Waals surface area (Å²) in [5.74, 6) is 2.79. The van der Waals surface area contributed by atoms with Crippen LogP contribution in [0.1, 0.15) is 135 Å². The van der Waals surface area contributed by atoms with Gasteiger partial charge in [0, 0.05) is 6.04 Å². The lowest BCUT2D eigenvalue weighted by molar-refractivity contribution is -0.129. The predicted octanol–water partition coefficient (Wildman–Crippen LogP) is 7.86. The van der Waals surface area contributed by atoms with Gasteiger partial charge in [-0.15, -0.1) is 0 Å². The van der Waals surface area contributed by atoms with Gasteiger partial charge in [0.2, 0.25) is 5.91 Å². The van der Waals surface area contributed by atoms with Gasteiger partial charge in [0.15, 0.2) is 0 Å². The van der Waals surface area contributed by atoms with Crippen LogP contribution in [0.2, 0.25) is 12.6 Å². The van der Waals surface area contributed by atoms with E-state index in [0.717, 1.165) is 30.5 Å². The molecule has 3 rings (SSSR count). The second-order valence-electron chi connectivity index (χ2n) is 11.6. The molecule has 0 aromatic carbocycles. The molecule has 3 aliphatic carbocycles. The molecule has 0 saturated heterocycles. The van der Waals surface area contributed by atoms with Crippen molar-refractivity contribution in [1.82, 2.24) is 5.32 Å². The molecule has 0 aromatic heterocycles. The average Bonchev–Trinajstić information content (AvgIpc) is 2.85. The van der Waals surface area contributed by atoms with Crippen LogP contribution in [0.4, 0.5) is 0 Å². The Hall–Kier alpha value is -0.505. The van der Waals surface area contributed by atoms with Gasteiger partial charge in [0.25, 0.3) is 0 Å². The smallest absolute Gasteiger partial charge is 0.246 e. The topological polar surface area (TPSA) is 38.3 Å². The Labute approximate surface area is 206 Å². The maximum absolute atomic E-state index is 12.6. The summed E-state index contributed by atoms with van der Waals surface area (Å²) in [7, 11) is 2.45. The van der Waals surface area contributed by atoms with E-state index in [1.165, 1.54) is 122 Å². The fraction of sp³-hybridized carbons (Fsp3) is 0.966. The van der Waals surface area contributed by atoms with E-state index in [9.17, 15) is 4.79 Å². The van der Waals surface area contributed by atoms with E-state index in [1.54, 1.807) is 0 Å². The molecule has 0 aliphatic heterocycles. The van der Waals surface area contributed by atoms with Gasteiger partial charge in [-0.3, -0.25) is 4.79 Å². The third-order valence-electron chi connectivity index (χ3n) is 9.08. The molecule has 189 valence electrons. The number of carbonyl (C=O) groups is 1. The molecular formula is C29H53BNO2. The minimum atomic E-state index is 0.121. The van der Waals surface area contributed by atoms with Crippen LogP contribution in [-0.4, -0.2) is 31.9 Å². The van der Waals surface area contributed by atoms with Crippen molar-refractivity contribution in [2.45, 2.75) is 160 Å². The maximum Gasteiger partial charge on any atom is 0.246 e. The van der Waals surface area contributed by atoms with Crippen LogP contribution in [0.25, 0.3) is 0 Å². The fourth-order valence-corrected chi connectivity index (χ4v) is 6.86. The van der Waals surface area contributed by atoms with Gasteiger partial charge in [0.1, 0.15) is 13.9 Å². The summed E-state index contributed by atoms with van der Waals surface area (Å²) in [4.78, 5) is 12.6. The molecule has 3 saturated carbocycles. The Balaban J connectivity index is 1.33. The van der Waals surface area contributed by atoms with Gasteiger partial charge in [-0.25, -0.2) is 0 Å². The highest BCUT2D eigenvalue weighted by molar-refractivity contribution is 6.35. The number of rotatable bonds is 6. The van der Waals surface area contributed by atoms with Crippen molar-refractivity contribution in [1.29, 1.82) is 0 Å². The molecule has 3 fully saturated rings. The lowest BCUT2D eigenvalue weighted by Gasteiger charge is -2.35. The van der Waals surface area contributed by atoms with Crippen LogP contribution in [0, 0.1) is 11.8 Å². The van der Waals surface area contributed by atoms with Crippen molar-refractivity contribution in [3.8, 4) is 0 Å². The third kappa shape index (κ3) is 10.7. The van der Waals surface area contributed by atoms with E-state index < -0.39 is 0 Å². The van der Waals surface area contributed by atoms with Crippen LogP contribution >= 0.6 is 0 Å². The minimum absolute atomic E-state index is 0.121. The molecule has 0 bridgehead atoms. The fourth-order valence-electron chi connectivity index (χ4n) is 6.86. The highest BCUT2D eigenvalue weighted by Gasteiger charge is 2.28. The molecule has 1 radical (unpaired) electrons. The third-order valence-corrected chi connectivity index (χ3v) is 9.08. The molecule has 4 heteroatoms. The summed E-state index contributed by atoms with van der Waals surface area (Å²) in [5.41, 5.74) is 0. The van der Waals surface area contributed by atoms with Gasteiger partial charge in [-0.05, 0) is 50.4 Å². The molecule has 33 heavy (non-hydrogen) atoms. The molecule has 2 atom stereocenters. The summed E-state index contributed by atoms with van der Waals surface area (Å²) in [6.07, 6.45) is 28.2. The zero-order valence-electron chi connectivity index (χ0n) is 21.8. The molecule has 3 nitrogen and oxygen atoms in total. The molecular weight excluding hydrogens is 405 g/mol. The second-order valence-corrected chi connectivity index (χ2v) is 11.6. The van der Waals surface area contributed by atoms with Crippen molar-refractivity contribution in [3.63, 3.8) is 0 Å². The number of amides is 1. The van der Waals surface area contributed by atoms with E-state index in [4.69, 9.17) is 4.74 Å². The van der Waals surface area contributed by atoms with Gasteiger partial charge >= 0.3 is 0 Å². The summed E-state index contributed by atoms with van der Waals surface area (Å²) in [5, 5.41) is 3.32. The number of ether oxygens (including phenoxy) is 1. The van der Waals surface area contributed by atoms with E-state index >= 15 is 0 Å². The lowest BCUT2D eigenvalue weighted by Crippen LogP contribution is -2.41. The molecule has 2 unspecified atom stereocenters. The SMILES string of the molecule is C[B]C1CCCCCC(C2CCC(NC(=O)COC3CCCCCCCCC3)CC2)CCC1. The Morgan fingerprint density at radius 1 is 0.667 bits per heavy atom. The van der Waals surface area contributed by atoms with Gasteiger partial charge in [-0.2, -0.15) is 0 Å². The van der Waals surface area contributed by atoms with Crippen LogP contribution in [0.15, 0.2) is 0 Å². The molecule has 0 spiro atoms. The summed E-state index contributed by atoms with van der Waals surface area (Å²) >= 11 is 0. The molecule has 3 aliphatic rings. The number of hydrogen-bond acceptors (Lipinski definition) is 2. The minimum Gasteiger partial charge on any atom is -0.368 e. The quantitative estimate of drug-likeness (QED) is 0.411. The van der Waals surface area contributed by atoms with Gasteiger partial charge in [0.05, 0.1) is 6.10 Å². The predicted molar refractivity (Wildman–Crippen MR) is 141 cm³/mol. The van der Waals surface area contributed by atoms with Crippen LogP contribution < -0.4 is 5.32 Å². The van der Waals surface area contributed by atoms with Crippen molar-refractivity contribution in [2.24, 2.45) is 11.8 Å². The Morgan fingerprint density at radius 2 is 1.18 bits per heavy atom. The van der Waals surface area contributed by atoms with E-state index in [-0.39, 0.29) is 12.5 Å². The maximum atomic E-state index is 12.6. The molecule has 0 aromatic rings. The molecule has 0 heterocycles. The van der Waals surface area contributed by atoms with Gasteiger partial charge in [-0.1, -0.05) is 109 Å². The van der Waals surface area contributed by atoms with Crippen molar-refractivity contribution >= 4 is 13.2 Å². The standard InChI is InChI=1S/C29H53BNO2/c1-30-26-15-9-7-8-13-24(14-12-16-26)25-19-21-27(22-20-25)31-29(32)23-33-28-17-10-5-3-2-4-6-11-18-28/h24-28H,2-23H2,1H3,(H,31,32). The van der Waals surface area contributed by atoms with Crippen LogP contribution in [0.3, 0.4) is 0 Å². The first-order chi connectivity index (χ1) is 16.2. The highest BCUT2D eigenvalue weighted by Crippen LogP contribution is 2.37.